The summed E-state index contributed by atoms with van der Waals surface area (Å²) >= 11 is 11.9. The van der Waals surface area contributed by atoms with Gasteiger partial charge in [-0.05, 0) is 36.8 Å². The van der Waals surface area contributed by atoms with E-state index in [-0.39, 0.29) is 17.9 Å². The van der Waals surface area contributed by atoms with Crippen molar-refractivity contribution in [3.05, 3.63) is 39.9 Å². The number of amides is 1. The quantitative estimate of drug-likeness (QED) is 0.827. The number of hydrogen-bond acceptors (Lipinski definition) is 4. The first-order valence-electron chi connectivity index (χ1n) is 6.08. The molecule has 0 fully saturated rings. The van der Waals surface area contributed by atoms with Crippen LogP contribution in [0.3, 0.4) is 0 Å². The van der Waals surface area contributed by atoms with Crippen LogP contribution >= 0.6 is 23.2 Å². The topological polar surface area (TPSA) is 79.9 Å². The number of ether oxygens (including phenoxy) is 1. The number of rotatable bonds is 5. The molecule has 1 amide bonds. The van der Waals surface area contributed by atoms with Gasteiger partial charge in [-0.3, -0.25) is 10.1 Å². The monoisotopic (exact) mass is 326 g/mol. The Morgan fingerprint density at radius 3 is 3.05 bits per heavy atom. The van der Waals surface area contributed by atoms with E-state index in [0.717, 1.165) is 0 Å². The Balaban J connectivity index is 2.00. The number of anilines is 1. The lowest BCUT2D eigenvalue weighted by molar-refractivity contribution is -0.111. The highest BCUT2D eigenvalue weighted by Crippen LogP contribution is 2.21. The van der Waals surface area contributed by atoms with Crippen molar-refractivity contribution in [2.75, 3.05) is 11.9 Å². The number of carbonyl (C=O) groups excluding carboxylic acids is 1. The van der Waals surface area contributed by atoms with Crippen LogP contribution < -0.4 is 10.1 Å². The molecule has 0 aliphatic carbocycles. The average Bonchev–Trinajstić information content (AvgIpc) is 2.87. The summed E-state index contributed by atoms with van der Waals surface area (Å²) < 4.78 is 5.07. The van der Waals surface area contributed by atoms with Gasteiger partial charge >= 0.3 is 6.01 Å². The van der Waals surface area contributed by atoms with E-state index in [4.69, 9.17) is 27.9 Å². The molecule has 0 aliphatic heterocycles. The van der Waals surface area contributed by atoms with E-state index in [1.165, 1.54) is 6.08 Å². The molecule has 0 bridgehead atoms. The SMILES string of the molecule is CCOc1n[nH]c(NC(=O)/C=C/c2cc(Cl)ccc2Cl)n1. The minimum atomic E-state index is -0.384. The Bertz CT molecular complexity index is 670. The van der Waals surface area contributed by atoms with Crippen molar-refractivity contribution in [2.24, 2.45) is 0 Å². The molecular formula is C13H12Cl2N4O2. The third kappa shape index (κ3) is 4.47. The minimum absolute atomic E-state index is 0.176. The van der Waals surface area contributed by atoms with E-state index in [2.05, 4.69) is 20.5 Å². The normalized spacial score (nSPS) is 10.8. The molecule has 0 unspecified atom stereocenters. The third-order valence-corrected chi connectivity index (χ3v) is 2.93. The number of nitrogens with zero attached hydrogens (tertiary/aromatic N) is 2. The summed E-state index contributed by atoms with van der Waals surface area (Å²) in [5.41, 5.74) is 0.645. The molecule has 1 aromatic carbocycles. The van der Waals surface area contributed by atoms with Gasteiger partial charge in [-0.25, -0.2) is 5.10 Å². The molecule has 0 radical (unpaired) electrons. The average molecular weight is 327 g/mol. The second-order valence-corrected chi connectivity index (χ2v) is 4.73. The Morgan fingerprint density at radius 1 is 1.48 bits per heavy atom. The Kier molecular flexibility index (Phi) is 5.19. The smallest absolute Gasteiger partial charge is 0.337 e. The Labute approximate surface area is 131 Å². The Hall–Kier alpha value is -2.05. The van der Waals surface area contributed by atoms with Crippen molar-refractivity contribution in [1.82, 2.24) is 15.2 Å². The summed E-state index contributed by atoms with van der Waals surface area (Å²) in [4.78, 5) is 15.7. The highest BCUT2D eigenvalue weighted by Gasteiger charge is 2.05. The maximum Gasteiger partial charge on any atom is 0.337 e. The molecule has 0 saturated heterocycles. The van der Waals surface area contributed by atoms with Crippen LogP contribution in [0.2, 0.25) is 10.0 Å². The fourth-order valence-corrected chi connectivity index (χ4v) is 1.82. The number of carbonyl (C=O) groups is 1. The van der Waals surface area contributed by atoms with Crippen molar-refractivity contribution >= 4 is 41.1 Å². The van der Waals surface area contributed by atoms with Crippen molar-refractivity contribution in [3.8, 4) is 6.01 Å². The van der Waals surface area contributed by atoms with Gasteiger partial charge in [0.1, 0.15) is 0 Å². The van der Waals surface area contributed by atoms with E-state index in [1.54, 1.807) is 24.3 Å². The van der Waals surface area contributed by atoms with Crippen molar-refractivity contribution in [3.63, 3.8) is 0 Å². The molecular weight excluding hydrogens is 315 g/mol. The molecule has 6 nitrogen and oxygen atoms in total. The van der Waals surface area contributed by atoms with Crippen LogP contribution in [0.5, 0.6) is 6.01 Å². The highest BCUT2D eigenvalue weighted by atomic mass is 35.5. The lowest BCUT2D eigenvalue weighted by Gasteiger charge is -1.99. The predicted molar refractivity (Wildman–Crippen MR) is 81.7 cm³/mol. The summed E-state index contributed by atoms with van der Waals surface area (Å²) in [6, 6.07) is 5.17. The van der Waals surface area contributed by atoms with Crippen LogP contribution in [-0.4, -0.2) is 27.7 Å². The van der Waals surface area contributed by atoms with Gasteiger partial charge in [0.2, 0.25) is 5.95 Å². The highest BCUT2D eigenvalue weighted by molar-refractivity contribution is 6.34. The van der Waals surface area contributed by atoms with E-state index < -0.39 is 0 Å². The van der Waals surface area contributed by atoms with E-state index in [1.807, 2.05) is 6.92 Å². The third-order valence-electron chi connectivity index (χ3n) is 2.35. The lowest BCUT2D eigenvalue weighted by Crippen LogP contribution is -2.09. The number of nitrogens with one attached hydrogen (secondary N) is 2. The summed E-state index contributed by atoms with van der Waals surface area (Å²) in [5.74, 6) is -0.185. The molecule has 2 N–H and O–H groups in total. The Morgan fingerprint density at radius 2 is 2.29 bits per heavy atom. The fourth-order valence-electron chi connectivity index (χ4n) is 1.46. The van der Waals surface area contributed by atoms with Crippen molar-refractivity contribution in [2.45, 2.75) is 6.92 Å². The maximum atomic E-state index is 11.7. The number of aromatic nitrogens is 3. The van der Waals surface area contributed by atoms with Gasteiger partial charge in [0.15, 0.2) is 0 Å². The minimum Gasteiger partial charge on any atom is -0.463 e. The van der Waals surface area contributed by atoms with Crippen molar-refractivity contribution < 1.29 is 9.53 Å². The van der Waals surface area contributed by atoms with Crippen LogP contribution in [-0.2, 0) is 4.79 Å². The van der Waals surface area contributed by atoms with Gasteiger partial charge in [-0.15, -0.1) is 5.10 Å². The standard InChI is InChI=1S/C13H12Cl2N4O2/c1-2-21-13-17-12(18-19-13)16-11(20)6-3-8-7-9(14)4-5-10(8)15/h3-7H,2H2,1H3,(H2,16,17,18,19,20)/b6-3+. The molecule has 1 aromatic heterocycles. The largest absolute Gasteiger partial charge is 0.463 e. The van der Waals surface area contributed by atoms with Crippen LogP contribution in [0.15, 0.2) is 24.3 Å². The number of benzene rings is 1. The summed E-state index contributed by atoms with van der Waals surface area (Å²) in [6.07, 6.45) is 2.88. The fraction of sp³-hybridized carbons (Fsp3) is 0.154. The van der Waals surface area contributed by atoms with Gasteiger partial charge in [0.05, 0.1) is 6.61 Å². The van der Waals surface area contributed by atoms with Crippen molar-refractivity contribution in [1.29, 1.82) is 0 Å². The summed E-state index contributed by atoms with van der Waals surface area (Å²) in [7, 11) is 0. The number of aromatic amines is 1. The van der Waals surface area contributed by atoms with Crippen LogP contribution in [0.1, 0.15) is 12.5 Å². The van der Waals surface area contributed by atoms with E-state index >= 15 is 0 Å². The van der Waals surface area contributed by atoms with Gasteiger partial charge in [-0.2, -0.15) is 4.98 Å². The molecule has 2 aromatic rings. The molecule has 0 aliphatic rings. The number of hydrogen-bond donors (Lipinski definition) is 2. The van der Waals surface area contributed by atoms with E-state index in [9.17, 15) is 4.79 Å². The zero-order chi connectivity index (χ0) is 15.2. The lowest BCUT2D eigenvalue weighted by atomic mass is 10.2. The second kappa shape index (κ2) is 7.10. The van der Waals surface area contributed by atoms with Gasteiger partial charge < -0.3 is 4.74 Å². The first kappa shape index (κ1) is 15.3. The molecule has 0 atom stereocenters. The molecule has 110 valence electrons. The maximum absolute atomic E-state index is 11.7. The van der Waals surface area contributed by atoms with E-state index in [0.29, 0.717) is 22.2 Å². The summed E-state index contributed by atoms with van der Waals surface area (Å²) in [5, 5.41) is 9.86. The molecule has 8 heteroatoms. The number of halogens is 2. The summed E-state index contributed by atoms with van der Waals surface area (Å²) in [6.45, 7) is 2.25. The first-order valence-corrected chi connectivity index (χ1v) is 6.83. The first-order chi connectivity index (χ1) is 10.1. The molecule has 21 heavy (non-hydrogen) atoms. The van der Waals surface area contributed by atoms with Crippen LogP contribution in [0, 0.1) is 0 Å². The van der Waals surface area contributed by atoms with Crippen LogP contribution in [0.25, 0.3) is 6.08 Å². The van der Waals surface area contributed by atoms with Gasteiger partial charge in [-0.1, -0.05) is 23.2 Å². The molecule has 1 heterocycles. The molecule has 2 rings (SSSR count). The number of H-pyrrole nitrogens is 1. The predicted octanol–water partition coefficient (Wildman–Crippen LogP) is 3.16. The molecule has 0 saturated carbocycles. The zero-order valence-corrected chi connectivity index (χ0v) is 12.6. The van der Waals surface area contributed by atoms with Gasteiger partial charge in [0.25, 0.3) is 5.91 Å². The zero-order valence-electron chi connectivity index (χ0n) is 11.1. The second-order valence-electron chi connectivity index (χ2n) is 3.89. The van der Waals surface area contributed by atoms with Crippen LogP contribution in [0.4, 0.5) is 5.95 Å². The van der Waals surface area contributed by atoms with Gasteiger partial charge in [0, 0.05) is 16.1 Å². The molecule has 0 spiro atoms.